The van der Waals surface area contributed by atoms with Crippen molar-refractivity contribution in [2.45, 2.75) is 45.7 Å². The topological polar surface area (TPSA) is 84.0 Å². The van der Waals surface area contributed by atoms with Crippen LogP contribution in [0, 0.1) is 6.92 Å². The van der Waals surface area contributed by atoms with Gasteiger partial charge in [0, 0.05) is 36.5 Å². The molecule has 2 unspecified atom stereocenters. The van der Waals surface area contributed by atoms with Crippen molar-refractivity contribution in [3.8, 4) is 23.0 Å². The van der Waals surface area contributed by atoms with Gasteiger partial charge in [-0.3, -0.25) is 14.8 Å². The van der Waals surface area contributed by atoms with Crippen LogP contribution in [0.2, 0.25) is 0 Å². The maximum atomic E-state index is 12.4. The Labute approximate surface area is 186 Å². The summed E-state index contributed by atoms with van der Waals surface area (Å²) in [6.07, 6.45) is 5.30. The smallest absolute Gasteiger partial charge is 0.220 e. The van der Waals surface area contributed by atoms with Gasteiger partial charge in [0.15, 0.2) is 5.82 Å². The Balaban J connectivity index is 1.63. The zero-order valence-corrected chi connectivity index (χ0v) is 18.4. The number of likely N-dealkylation sites (tertiary alicyclic amines) is 1. The summed E-state index contributed by atoms with van der Waals surface area (Å²) in [5.41, 5.74) is 4.33. The van der Waals surface area contributed by atoms with E-state index in [-0.39, 0.29) is 18.0 Å². The van der Waals surface area contributed by atoms with Gasteiger partial charge in [-0.15, -0.1) is 0 Å². The molecule has 0 bridgehead atoms. The first kappa shape index (κ1) is 20.2. The van der Waals surface area contributed by atoms with E-state index in [1.54, 1.807) is 19.3 Å². The average Bonchev–Trinajstić information content (AvgIpc) is 3.38. The molecule has 1 fully saturated rings. The second kappa shape index (κ2) is 8.07. The number of amides is 1. The number of hydrogen-bond acceptors (Lipinski definition) is 5. The molecule has 1 saturated heterocycles. The summed E-state index contributed by atoms with van der Waals surface area (Å²) in [5.74, 6) is 2.11. The minimum absolute atomic E-state index is 0.0538. The summed E-state index contributed by atoms with van der Waals surface area (Å²) in [5, 5.41) is 0. The summed E-state index contributed by atoms with van der Waals surface area (Å²) >= 11 is 0. The van der Waals surface area contributed by atoms with Gasteiger partial charge in [-0.1, -0.05) is 6.07 Å². The maximum absolute atomic E-state index is 12.4. The lowest BCUT2D eigenvalue weighted by molar-refractivity contribution is -0.131. The Kier molecular flexibility index (Phi) is 5.09. The van der Waals surface area contributed by atoms with Crippen molar-refractivity contribution >= 4 is 16.9 Å². The lowest BCUT2D eigenvalue weighted by Crippen LogP contribution is -2.33. The van der Waals surface area contributed by atoms with Crippen LogP contribution in [0.4, 0.5) is 0 Å². The number of imidazole rings is 1. The third-order valence-electron chi connectivity index (χ3n) is 6.02. The van der Waals surface area contributed by atoms with E-state index in [0.29, 0.717) is 17.3 Å². The fraction of sp³-hybridized carbons (Fsp3) is 0.280. The predicted octanol–water partition coefficient (Wildman–Crippen LogP) is 5.19. The van der Waals surface area contributed by atoms with Crippen LogP contribution in [0.25, 0.3) is 22.6 Å². The molecule has 32 heavy (non-hydrogen) atoms. The Morgan fingerprint density at radius 3 is 2.75 bits per heavy atom. The highest BCUT2D eigenvalue weighted by Gasteiger charge is 2.35. The molecule has 0 radical (unpaired) electrons. The van der Waals surface area contributed by atoms with Crippen molar-refractivity contribution in [3.05, 3.63) is 66.1 Å². The molecule has 1 amide bonds. The molecule has 1 aliphatic rings. The SMILES string of the molecule is CC(=O)N1C(C)CCC1c1cc2[nH]c(-c3ccccn3)nc2cc1Oc1ccc(C)nc1. The second-order valence-electron chi connectivity index (χ2n) is 8.31. The number of carbonyl (C=O) groups is 1. The molecular weight excluding hydrogens is 402 g/mol. The molecule has 4 heterocycles. The van der Waals surface area contributed by atoms with Crippen LogP contribution in [0.3, 0.4) is 0 Å². The number of benzene rings is 1. The van der Waals surface area contributed by atoms with Crippen molar-refractivity contribution in [3.63, 3.8) is 0 Å². The number of pyridine rings is 2. The second-order valence-corrected chi connectivity index (χ2v) is 8.31. The molecule has 0 spiro atoms. The van der Waals surface area contributed by atoms with Gasteiger partial charge < -0.3 is 14.6 Å². The van der Waals surface area contributed by atoms with Gasteiger partial charge in [0.2, 0.25) is 5.91 Å². The van der Waals surface area contributed by atoms with E-state index in [9.17, 15) is 4.79 Å². The van der Waals surface area contributed by atoms with E-state index in [2.05, 4.69) is 27.9 Å². The van der Waals surface area contributed by atoms with Crippen molar-refractivity contribution in [2.24, 2.45) is 0 Å². The van der Waals surface area contributed by atoms with Crippen LogP contribution in [0.15, 0.2) is 54.9 Å². The van der Waals surface area contributed by atoms with E-state index in [0.717, 1.165) is 40.8 Å². The van der Waals surface area contributed by atoms with Crippen LogP contribution in [-0.4, -0.2) is 36.8 Å². The van der Waals surface area contributed by atoms with Crippen LogP contribution < -0.4 is 4.74 Å². The average molecular weight is 428 g/mol. The minimum Gasteiger partial charge on any atom is -0.455 e. The van der Waals surface area contributed by atoms with Crippen LogP contribution in [-0.2, 0) is 4.79 Å². The van der Waals surface area contributed by atoms with E-state index >= 15 is 0 Å². The van der Waals surface area contributed by atoms with Gasteiger partial charge in [-0.2, -0.15) is 0 Å². The van der Waals surface area contributed by atoms with Gasteiger partial charge >= 0.3 is 0 Å². The number of nitrogens with one attached hydrogen (secondary N) is 1. The fourth-order valence-electron chi connectivity index (χ4n) is 4.49. The van der Waals surface area contributed by atoms with Crippen LogP contribution in [0.1, 0.15) is 44.0 Å². The highest BCUT2D eigenvalue weighted by molar-refractivity contribution is 5.82. The highest BCUT2D eigenvalue weighted by Crippen LogP contribution is 2.42. The number of aryl methyl sites for hydroxylation is 1. The van der Waals surface area contributed by atoms with Crippen LogP contribution >= 0.6 is 0 Å². The Morgan fingerprint density at radius 1 is 1.16 bits per heavy atom. The first-order valence-electron chi connectivity index (χ1n) is 10.8. The van der Waals surface area contributed by atoms with E-state index in [1.165, 1.54) is 0 Å². The lowest BCUT2D eigenvalue weighted by Gasteiger charge is -2.29. The Bertz CT molecular complexity index is 1270. The molecular formula is C25H25N5O2. The van der Waals surface area contributed by atoms with Gasteiger partial charge in [0.05, 0.1) is 23.3 Å². The molecule has 4 aromatic rings. The fourth-order valence-corrected chi connectivity index (χ4v) is 4.49. The highest BCUT2D eigenvalue weighted by atomic mass is 16.5. The molecule has 0 saturated carbocycles. The lowest BCUT2D eigenvalue weighted by atomic mass is 10.0. The van der Waals surface area contributed by atoms with Crippen molar-refractivity contribution in [1.29, 1.82) is 0 Å². The zero-order valence-electron chi connectivity index (χ0n) is 18.4. The number of carbonyl (C=O) groups excluding carboxylic acids is 1. The standard InChI is InChI=1S/C25H25N5O2/c1-15-7-9-18(14-27-15)32-24-13-22-21(28-25(29-22)20-6-4-5-11-26-20)12-19(24)23-10-8-16(2)30(23)17(3)31/h4-7,9,11-14,16,23H,8,10H2,1-3H3,(H,28,29). The number of nitrogens with zero attached hydrogens (tertiary/aromatic N) is 4. The molecule has 0 aliphatic carbocycles. The third-order valence-corrected chi connectivity index (χ3v) is 6.02. The van der Waals surface area contributed by atoms with E-state index < -0.39 is 0 Å². The van der Waals surface area contributed by atoms with Gasteiger partial charge in [0.25, 0.3) is 0 Å². The molecule has 5 rings (SSSR count). The minimum atomic E-state index is -0.0538. The maximum Gasteiger partial charge on any atom is 0.220 e. The largest absolute Gasteiger partial charge is 0.455 e. The number of aromatic amines is 1. The zero-order chi connectivity index (χ0) is 22.2. The summed E-state index contributed by atoms with van der Waals surface area (Å²) in [7, 11) is 0. The van der Waals surface area contributed by atoms with Gasteiger partial charge in [-0.25, -0.2) is 4.98 Å². The molecule has 7 nitrogen and oxygen atoms in total. The number of aromatic nitrogens is 4. The van der Waals surface area contributed by atoms with E-state index in [1.807, 2.05) is 48.2 Å². The number of rotatable bonds is 4. The Hall–Kier alpha value is -3.74. The molecule has 7 heteroatoms. The first-order chi connectivity index (χ1) is 15.5. The number of ether oxygens (including phenoxy) is 1. The number of hydrogen-bond donors (Lipinski definition) is 1. The molecule has 1 aromatic carbocycles. The molecule has 1 aliphatic heterocycles. The normalized spacial score (nSPS) is 18.3. The summed E-state index contributed by atoms with van der Waals surface area (Å²) in [6, 6.07) is 13.7. The van der Waals surface area contributed by atoms with Crippen molar-refractivity contribution in [2.75, 3.05) is 0 Å². The summed E-state index contributed by atoms with van der Waals surface area (Å²) < 4.78 is 6.29. The molecule has 3 aromatic heterocycles. The Morgan fingerprint density at radius 2 is 2.03 bits per heavy atom. The quantitative estimate of drug-likeness (QED) is 0.484. The van der Waals surface area contributed by atoms with Gasteiger partial charge in [-0.05, 0) is 57.0 Å². The first-order valence-corrected chi connectivity index (χ1v) is 10.8. The molecule has 1 N–H and O–H groups in total. The monoisotopic (exact) mass is 427 g/mol. The van der Waals surface area contributed by atoms with Crippen molar-refractivity contribution < 1.29 is 9.53 Å². The van der Waals surface area contributed by atoms with E-state index in [4.69, 9.17) is 9.72 Å². The molecule has 2 atom stereocenters. The van der Waals surface area contributed by atoms with Crippen LogP contribution in [0.5, 0.6) is 11.5 Å². The number of fused-ring (bicyclic) bond motifs is 1. The summed E-state index contributed by atoms with van der Waals surface area (Å²) in [4.78, 5) is 31.3. The predicted molar refractivity (Wildman–Crippen MR) is 122 cm³/mol. The molecule has 162 valence electrons. The van der Waals surface area contributed by atoms with Gasteiger partial charge in [0.1, 0.15) is 17.2 Å². The number of H-pyrrole nitrogens is 1. The van der Waals surface area contributed by atoms with Crippen molar-refractivity contribution in [1.82, 2.24) is 24.8 Å². The third kappa shape index (κ3) is 3.70. The summed E-state index contributed by atoms with van der Waals surface area (Å²) in [6.45, 7) is 5.67.